The van der Waals surface area contributed by atoms with Gasteiger partial charge in [0.1, 0.15) is 9.75 Å². The van der Waals surface area contributed by atoms with Gasteiger partial charge in [0, 0.05) is 10.9 Å². The number of carboxylic acids is 1. The zero-order chi connectivity index (χ0) is 13.1. The Hall–Kier alpha value is -1.99. The van der Waals surface area contributed by atoms with Crippen LogP contribution >= 0.6 is 22.7 Å². The lowest BCUT2D eigenvalue weighted by Gasteiger charge is -1.88. The van der Waals surface area contributed by atoms with Crippen LogP contribution in [0.5, 0.6) is 0 Å². The first-order valence-electron chi connectivity index (χ1n) is 4.81. The van der Waals surface area contributed by atoms with Gasteiger partial charge in [-0.2, -0.15) is 0 Å². The van der Waals surface area contributed by atoms with Gasteiger partial charge < -0.3 is 5.11 Å². The molecule has 0 unspecified atom stereocenters. The molecular formula is C11H7NO4S2. The van der Waals surface area contributed by atoms with E-state index in [1.165, 1.54) is 11.3 Å². The third kappa shape index (κ3) is 2.63. The molecule has 7 heteroatoms. The van der Waals surface area contributed by atoms with E-state index < -0.39 is 10.9 Å². The minimum atomic E-state index is -1.15. The quantitative estimate of drug-likeness (QED) is 0.686. The van der Waals surface area contributed by atoms with Crippen molar-refractivity contribution in [3.8, 4) is 0 Å². The average molecular weight is 281 g/mol. The first kappa shape index (κ1) is 12.5. The summed E-state index contributed by atoms with van der Waals surface area (Å²) in [5.74, 6) is -1.15. The summed E-state index contributed by atoms with van der Waals surface area (Å²) in [5, 5.41) is 21.5. The molecule has 0 radical (unpaired) electrons. The van der Waals surface area contributed by atoms with Crippen molar-refractivity contribution in [2.45, 2.75) is 0 Å². The minimum Gasteiger partial charge on any atom is -0.477 e. The second kappa shape index (κ2) is 5.11. The standard InChI is InChI=1S/C11H7NO4S2/c13-11(14)10-6-8(12(15)16)9(18-10)4-3-7-2-1-5-17-7/h1-6H,(H,13,14). The molecule has 0 spiro atoms. The Bertz CT molecular complexity index is 613. The summed E-state index contributed by atoms with van der Waals surface area (Å²) < 4.78 is 0. The molecule has 0 aliphatic carbocycles. The lowest BCUT2D eigenvalue weighted by Crippen LogP contribution is -1.91. The van der Waals surface area contributed by atoms with Crippen molar-refractivity contribution >= 4 is 46.5 Å². The number of rotatable bonds is 4. The van der Waals surface area contributed by atoms with Gasteiger partial charge in [-0.25, -0.2) is 4.79 Å². The Labute approximate surface area is 110 Å². The molecule has 0 saturated carbocycles. The van der Waals surface area contributed by atoms with E-state index in [-0.39, 0.29) is 10.6 Å². The van der Waals surface area contributed by atoms with E-state index in [2.05, 4.69) is 0 Å². The molecule has 1 N–H and O–H groups in total. The maximum absolute atomic E-state index is 10.8. The summed E-state index contributed by atoms with van der Waals surface area (Å²) in [6.07, 6.45) is 3.30. The molecular weight excluding hydrogens is 274 g/mol. The van der Waals surface area contributed by atoms with E-state index in [0.29, 0.717) is 4.88 Å². The molecule has 2 aromatic heterocycles. The molecule has 0 aliphatic rings. The zero-order valence-corrected chi connectivity index (χ0v) is 10.5. The third-order valence-corrected chi connectivity index (χ3v) is 4.00. The maximum atomic E-state index is 10.8. The van der Waals surface area contributed by atoms with Crippen LogP contribution in [0.3, 0.4) is 0 Å². The summed E-state index contributed by atoms with van der Waals surface area (Å²) in [4.78, 5) is 22.3. The number of nitro groups is 1. The molecule has 92 valence electrons. The highest BCUT2D eigenvalue weighted by Crippen LogP contribution is 2.31. The highest BCUT2D eigenvalue weighted by molar-refractivity contribution is 7.15. The van der Waals surface area contributed by atoms with E-state index >= 15 is 0 Å². The summed E-state index contributed by atoms with van der Waals surface area (Å²) in [5.41, 5.74) is -0.176. The van der Waals surface area contributed by atoms with Crippen LogP contribution in [0.2, 0.25) is 0 Å². The van der Waals surface area contributed by atoms with Gasteiger partial charge in [0.05, 0.1) is 4.92 Å². The molecule has 0 aliphatic heterocycles. The van der Waals surface area contributed by atoms with Crippen LogP contribution in [0.25, 0.3) is 12.2 Å². The van der Waals surface area contributed by atoms with Crippen molar-refractivity contribution in [1.29, 1.82) is 0 Å². The van der Waals surface area contributed by atoms with E-state index in [0.717, 1.165) is 22.3 Å². The van der Waals surface area contributed by atoms with Crippen LogP contribution in [0, 0.1) is 10.1 Å². The summed E-state index contributed by atoms with van der Waals surface area (Å²) in [7, 11) is 0. The topological polar surface area (TPSA) is 80.4 Å². The van der Waals surface area contributed by atoms with Gasteiger partial charge >= 0.3 is 5.97 Å². The van der Waals surface area contributed by atoms with Gasteiger partial charge in [0.25, 0.3) is 5.69 Å². The van der Waals surface area contributed by atoms with E-state index in [4.69, 9.17) is 5.11 Å². The van der Waals surface area contributed by atoms with Crippen LogP contribution < -0.4 is 0 Å². The minimum absolute atomic E-state index is 0.0347. The molecule has 2 heterocycles. The Morgan fingerprint density at radius 1 is 1.44 bits per heavy atom. The smallest absolute Gasteiger partial charge is 0.346 e. The summed E-state index contributed by atoms with van der Waals surface area (Å²) in [6.45, 7) is 0. The van der Waals surface area contributed by atoms with Gasteiger partial charge in [0.15, 0.2) is 0 Å². The van der Waals surface area contributed by atoms with Crippen LogP contribution in [0.15, 0.2) is 23.6 Å². The molecule has 5 nitrogen and oxygen atoms in total. The first-order chi connectivity index (χ1) is 8.58. The molecule has 0 aromatic carbocycles. The molecule has 0 amide bonds. The highest BCUT2D eigenvalue weighted by atomic mass is 32.1. The van der Waals surface area contributed by atoms with E-state index in [9.17, 15) is 14.9 Å². The second-order valence-corrected chi connectivity index (χ2v) is 5.33. The molecule has 18 heavy (non-hydrogen) atoms. The van der Waals surface area contributed by atoms with Crippen LogP contribution in [-0.4, -0.2) is 16.0 Å². The van der Waals surface area contributed by atoms with Gasteiger partial charge in [-0.05, 0) is 23.6 Å². The molecule has 0 atom stereocenters. The van der Waals surface area contributed by atoms with Crippen molar-refractivity contribution in [1.82, 2.24) is 0 Å². The first-order valence-corrected chi connectivity index (χ1v) is 6.50. The monoisotopic (exact) mass is 281 g/mol. The van der Waals surface area contributed by atoms with Crippen LogP contribution in [0.4, 0.5) is 5.69 Å². The Morgan fingerprint density at radius 2 is 2.22 bits per heavy atom. The SMILES string of the molecule is O=C(O)c1cc([N+](=O)[O-])c(C=Cc2cccs2)s1. The van der Waals surface area contributed by atoms with Crippen molar-refractivity contribution in [3.63, 3.8) is 0 Å². The Kier molecular flexibility index (Phi) is 3.54. The van der Waals surface area contributed by atoms with Crippen molar-refractivity contribution in [3.05, 3.63) is 48.3 Å². The Morgan fingerprint density at radius 3 is 2.78 bits per heavy atom. The Balaban J connectivity index is 2.37. The lowest BCUT2D eigenvalue weighted by molar-refractivity contribution is -0.384. The van der Waals surface area contributed by atoms with Crippen molar-refractivity contribution < 1.29 is 14.8 Å². The predicted octanol–water partition coefficient (Wildman–Crippen LogP) is 3.59. The fraction of sp³-hybridized carbons (Fsp3) is 0. The molecule has 0 saturated heterocycles. The summed E-state index contributed by atoms with van der Waals surface area (Å²) in [6, 6.07) is 4.83. The number of hydrogen-bond acceptors (Lipinski definition) is 5. The highest BCUT2D eigenvalue weighted by Gasteiger charge is 2.20. The molecule has 2 rings (SSSR count). The predicted molar refractivity (Wildman–Crippen MR) is 71.2 cm³/mol. The number of hydrogen-bond donors (Lipinski definition) is 1. The molecule has 0 fully saturated rings. The van der Waals surface area contributed by atoms with Gasteiger partial charge in [-0.3, -0.25) is 10.1 Å². The number of thiophene rings is 2. The average Bonchev–Trinajstić information content (AvgIpc) is 2.95. The number of carbonyl (C=O) groups is 1. The molecule has 2 aromatic rings. The number of nitrogens with zero attached hydrogens (tertiary/aromatic N) is 1. The van der Waals surface area contributed by atoms with Gasteiger partial charge in [-0.1, -0.05) is 6.07 Å². The van der Waals surface area contributed by atoms with Gasteiger partial charge in [0.2, 0.25) is 0 Å². The molecule has 0 bridgehead atoms. The summed E-state index contributed by atoms with van der Waals surface area (Å²) >= 11 is 2.40. The third-order valence-electron chi connectivity index (χ3n) is 2.09. The lowest BCUT2D eigenvalue weighted by atomic mass is 10.3. The van der Waals surface area contributed by atoms with Crippen molar-refractivity contribution in [2.75, 3.05) is 0 Å². The fourth-order valence-corrected chi connectivity index (χ4v) is 2.79. The van der Waals surface area contributed by atoms with E-state index in [1.807, 2.05) is 17.5 Å². The fourth-order valence-electron chi connectivity index (χ4n) is 1.31. The normalized spacial score (nSPS) is 10.9. The van der Waals surface area contributed by atoms with Gasteiger partial charge in [-0.15, -0.1) is 22.7 Å². The van der Waals surface area contributed by atoms with Crippen LogP contribution in [-0.2, 0) is 0 Å². The maximum Gasteiger partial charge on any atom is 0.346 e. The van der Waals surface area contributed by atoms with E-state index in [1.54, 1.807) is 12.2 Å². The second-order valence-electron chi connectivity index (χ2n) is 3.27. The van der Waals surface area contributed by atoms with Crippen molar-refractivity contribution in [2.24, 2.45) is 0 Å². The number of carboxylic acid groups (broad SMARTS) is 1. The number of aromatic carboxylic acids is 1. The largest absolute Gasteiger partial charge is 0.477 e. The van der Waals surface area contributed by atoms with Crippen LogP contribution in [0.1, 0.15) is 19.4 Å². The zero-order valence-electron chi connectivity index (χ0n) is 8.90.